The molecule has 2 aliphatic heterocycles. The normalized spacial score (nSPS) is 23.8. The molecular formula is C28H26N4O4. The summed E-state index contributed by atoms with van der Waals surface area (Å²) in [5, 5.41) is 2.81. The van der Waals surface area contributed by atoms with Crippen LogP contribution in [0.2, 0.25) is 0 Å². The highest BCUT2D eigenvalue weighted by Crippen LogP contribution is 2.28. The van der Waals surface area contributed by atoms with E-state index in [1.165, 1.54) is 10.0 Å². The standard InChI is InChI=1S/C28H26N4O4/c1-17-23(27(35)31(29-17)21-9-5-3-6-10-21)25(33)19-13-15-20(16-14-19)26(34)24-18(2)30-32(28(24)36)22-11-7-4-8-12-22/h3-18,23-24,29-30H,1-2H3. The maximum absolute atomic E-state index is 13.2. The molecule has 5 rings (SSSR count). The van der Waals surface area contributed by atoms with E-state index in [0.29, 0.717) is 22.5 Å². The Morgan fingerprint density at radius 1 is 0.583 bits per heavy atom. The van der Waals surface area contributed by atoms with Crippen molar-refractivity contribution in [3.05, 3.63) is 96.1 Å². The van der Waals surface area contributed by atoms with Crippen LogP contribution >= 0.6 is 0 Å². The Balaban J connectivity index is 1.31. The van der Waals surface area contributed by atoms with Crippen molar-refractivity contribution in [2.45, 2.75) is 25.9 Å². The molecule has 36 heavy (non-hydrogen) atoms. The Bertz CT molecular complexity index is 1210. The fourth-order valence-electron chi connectivity index (χ4n) is 4.78. The Morgan fingerprint density at radius 3 is 1.25 bits per heavy atom. The molecule has 3 aromatic carbocycles. The van der Waals surface area contributed by atoms with E-state index in [9.17, 15) is 19.2 Å². The number of hydrazine groups is 2. The van der Waals surface area contributed by atoms with E-state index in [1.807, 2.05) is 36.4 Å². The number of hydrogen-bond acceptors (Lipinski definition) is 6. The molecule has 0 aromatic heterocycles. The number of rotatable bonds is 6. The number of Topliss-reactive ketones (excluding diaryl/α,β-unsaturated/α-hetero) is 2. The first-order valence-corrected chi connectivity index (χ1v) is 11.9. The lowest BCUT2D eigenvalue weighted by molar-refractivity contribution is -0.120. The van der Waals surface area contributed by atoms with Crippen LogP contribution in [0, 0.1) is 11.8 Å². The zero-order valence-corrected chi connectivity index (χ0v) is 19.9. The van der Waals surface area contributed by atoms with E-state index in [-0.39, 0.29) is 23.4 Å². The first-order chi connectivity index (χ1) is 17.4. The number of carbonyl (C=O) groups is 4. The molecule has 2 saturated heterocycles. The Morgan fingerprint density at radius 2 is 0.917 bits per heavy atom. The van der Waals surface area contributed by atoms with Crippen molar-refractivity contribution in [3.8, 4) is 0 Å². The van der Waals surface area contributed by atoms with Crippen molar-refractivity contribution in [3.63, 3.8) is 0 Å². The molecule has 4 unspecified atom stereocenters. The van der Waals surface area contributed by atoms with E-state index in [2.05, 4.69) is 10.9 Å². The van der Waals surface area contributed by atoms with E-state index in [4.69, 9.17) is 0 Å². The summed E-state index contributed by atoms with van der Waals surface area (Å²) < 4.78 is 0. The first kappa shape index (κ1) is 23.6. The van der Waals surface area contributed by atoms with Crippen LogP contribution in [0.5, 0.6) is 0 Å². The highest BCUT2D eigenvalue weighted by Gasteiger charge is 2.45. The molecule has 0 bridgehead atoms. The van der Waals surface area contributed by atoms with Gasteiger partial charge in [-0.3, -0.25) is 19.2 Å². The molecule has 8 heteroatoms. The van der Waals surface area contributed by atoms with Gasteiger partial charge in [0.1, 0.15) is 11.8 Å². The van der Waals surface area contributed by atoms with Crippen LogP contribution in [-0.2, 0) is 9.59 Å². The van der Waals surface area contributed by atoms with E-state index < -0.39 is 23.9 Å². The summed E-state index contributed by atoms with van der Waals surface area (Å²) in [6.07, 6.45) is 0. The summed E-state index contributed by atoms with van der Waals surface area (Å²) in [4.78, 5) is 52.6. The maximum Gasteiger partial charge on any atom is 0.253 e. The molecule has 2 amide bonds. The monoisotopic (exact) mass is 482 g/mol. The summed E-state index contributed by atoms with van der Waals surface area (Å²) in [5.41, 5.74) is 8.15. The van der Waals surface area contributed by atoms with Gasteiger partial charge in [-0.1, -0.05) is 60.7 Å². The lowest BCUT2D eigenvalue weighted by Gasteiger charge is -2.16. The van der Waals surface area contributed by atoms with Gasteiger partial charge < -0.3 is 0 Å². The molecule has 0 aliphatic carbocycles. The third-order valence-electron chi connectivity index (χ3n) is 6.69. The second kappa shape index (κ2) is 9.49. The van der Waals surface area contributed by atoms with Gasteiger partial charge in [0.05, 0.1) is 11.4 Å². The number of hydrogen-bond donors (Lipinski definition) is 2. The van der Waals surface area contributed by atoms with Crippen molar-refractivity contribution in [2.75, 3.05) is 10.0 Å². The number of anilines is 2. The minimum atomic E-state index is -0.883. The average Bonchev–Trinajstić information content (AvgIpc) is 3.38. The topological polar surface area (TPSA) is 98.8 Å². The van der Waals surface area contributed by atoms with E-state index in [1.54, 1.807) is 62.4 Å². The molecule has 3 aromatic rings. The molecule has 0 saturated carbocycles. The van der Waals surface area contributed by atoms with Gasteiger partial charge in [-0.25, -0.2) is 20.9 Å². The Labute approximate surface area is 208 Å². The summed E-state index contributed by atoms with van der Waals surface area (Å²) >= 11 is 0. The minimum absolute atomic E-state index is 0.320. The molecular weight excluding hydrogens is 456 g/mol. The number of ketones is 2. The van der Waals surface area contributed by atoms with Crippen molar-refractivity contribution in [1.82, 2.24) is 10.9 Å². The van der Waals surface area contributed by atoms with Gasteiger partial charge in [-0.15, -0.1) is 0 Å². The predicted molar refractivity (Wildman–Crippen MR) is 135 cm³/mol. The van der Waals surface area contributed by atoms with Crippen molar-refractivity contribution >= 4 is 34.8 Å². The first-order valence-electron chi connectivity index (χ1n) is 11.9. The van der Waals surface area contributed by atoms with Gasteiger partial charge in [0, 0.05) is 23.2 Å². The van der Waals surface area contributed by atoms with Crippen LogP contribution in [0.1, 0.15) is 34.6 Å². The van der Waals surface area contributed by atoms with Crippen LogP contribution < -0.4 is 20.9 Å². The lowest BCUT2D eigenvalue weighted by Crippen LogP contribution is -2.36. The third-order valence-corrected chi connectivity index (χ3v) is 6.69. The molecule has 182 valence electrons. The predicted octanol–water partition coefficient (Wildman–Crippen LogP) is 3.16. The third kappa shape index (κ3) is 4.10. The second-order valence-corrected chi connectivity index (χ2v) is 9.12. The summed E-state index contributed by atoms with van der Waals surface area (Å²) in [5.74, 6) is -3.05. The van der Waals surface area contributed by atoms with Gasteiger partial charge in [-0.2, -0.15) is 0 Å². The molecule has 0 spiro atoms. The van der Waals surface area contributed by atoms with Gasteiger partial charge in [0.2, 0.25) is 0 Å². The van der Waals surface area contributed by atoms with Crippen molar-refractivity contribution in [2.24, 2.45) is 11.8 Å². The largest absolute Gasteiger partial charge is 0.293 e. The summed E-state index contributed by atoms with van der Waals surface area (Å²) in [6, 6.07) is 23.6. The minimum Gasteiger partial charge on any atom is -0.293 e. The second-order valence-electron chi connectivity index (χ2n) is 9.12. The van der Waals surface area contributed by atoms with Gasteiger partial charge in [0.15, 0.2) is 11.6 Å². The number of para-hydroxylation sites is 2. The smallest absolute Gasteiger partial charge is 0.253 e. The number of nitrogens with one attached hydrogen (secondary N) is 2. The fourth-order valence-corrected chi connectivity index (χ4v) is 4.78. The molecule has 2 aliphatic rings. The van der Waals surface area contributed by atoms with Gasteiger partial charge in [0.25, 0.3) is 11.8 Å². The van der Waals surface area contributed by atoms with Crippen molar-refractivity contribution < 1.29 is 19.2 Å². The lowest BCUT2D eigenvalue weighted by atomic mass is 9.89. The van der Waals surface area contributed by atoms with Crippen molar-refractivity contribution in [1.29, 1.82) is 0 Å². The quantitative estimate of drug-likeness (QED) is 0.414. The van der Waals surface area contributed by atoms with E-state index in [0.717, 1.165) is 0 Å². The van der Waals surface area contributed by atoms with Crippen LogP contribution in [-0.4, -0.2) is 35.5 Å². The molecule has 2 fully saturated rings. The van der Waals surface area contributed by atoms with Gasteiger partial charge in [-0.05, 0) is 38.1 Å². The zero-order valence-electron chi connectivity index (χ0n) is 19.9. The molecule has 0 radical (unpaired) electrons. The fraction of sp³-hybridized carbons (Fsp3) is 0.214. The number of nitrogens with zero attached hydrogens (tertiary/aromatic N) is 2. The highest BCUT2D eigenvalue weighted by atomic mass is 16.2. The maximum atomic E-state index is 13.2. The summed E-state index contributed by atoms with van der Waals surface area (Å²) in [7, 11) is 0. The average molecular weight is 483 g/mol. The molecule has 4 atom stereocenters. The van der Waals surface area contributed by atoms with Crippen LogP contribution in [0.3, 0.4) is 0 Å². The highest BCUT2D eigenvalue weighted by molar-refractivity contribution is 6.18. The van der Waals surface area contributed by atoms with Crippen LogP contribution in [0.4, 0.5) is 11.4 Å². The Hall–Kier alpha value is -4.14. The number of carbonyl (C=O) groups excluding carboxylic acids is 4. The SMILES string of the molecule is CC1NN(c2ccccc2)C(=O)C1C(=O)c1ccc(C(=O)C2C(=O)N(c3ccccc3)NC2C)cc1. The molecule has 8 nitrogen and oxygen atoms in total. The number of amides is 2. The van der Waals surface area contributed by atoms with Gasteiger partial charge >= 0.3 is 0 Å². The number of benzene rings is 3. The molecule has 2 N–H and O–H groups in total. The Kier molecular flexibility index (Phi) is 6.22. The van der Waals surface area contributed by atoms with Crippen LogP contribution in [0.25, 0.3) is 0 Å². The van der Waals surface area contributed by atoms with Crippen LogP contribution in [0.15, 0.2) is 84.9 Å². The molecule has 2 heterocycles. The van der Waals surface area contributed by atoms with E-state index >= 15 is 0 Å². The zero-order chi connectivity index (χ0) is 25.4. The summed E-state index contributed by atoms with van der Waals surface area (Å²) in [6.45, 7) is 3.58.